The number of thiophene rings is 1. The van der Waals surface area contributed by atoms with Crippen molar-refractivity contribution in [3.8, 4) is 5.75 Å². The molecule has 6 heteroatoms. The summed E-state index contributed by atoms with van der Waals surface area (Å²) >= 11 is 0.547. The van der Waals surface area contributed by atoms with Gasteiger partial charge in [0.25, 0.3) is 0 Å². The number of rotatable bonds is 3. The van der Waals surface area contributed by atoms with Gasteiger partial charge in [0.05, 0.1) is 0 Å². The molecule has 1 aromatic rings. The first-order valence-corrected chi connectivity index (χ1v) is 4.55. The van der Waals surface area contributed by atoms with Crippen molar-refractivity contribution >= 4 is 17.1 Å². The predicted molar refractivity (Wildman–Crippen MR) is 45.5 cm³/mol. The van der Waals surface area contributed by atoms with E-state index in [1.807, 2.05) is 0 Å². The summed E-state index contributed by atoms with van der Waals surface area (Å²) in [5.74, 6) is -0.151. The lowest BCUT2D eigenvalue weighted by Crippen LogP contribution is -2.06. The zero-order valence-electron chi connectivity index (χ0n) is 7.22. The van der Waals surface area contributed by atoms with Crippen LogP contribution < -0.4 is 4.74 Å². The highest BCUT2D eigenvalue weighted by Crippen LogP contribution is 2.36. The zero-order chi connectivity index (χ0) is 10.8. The van der Waals surface area contributed by atoms with Crippen molar-refractivity contribution in [3.63, 3.8) is 0 Å². The molecule has 0 saturated carbocycles. The first-order valence-electron chi connectivity index (χ1n) is 3.67. The molecule has 1 heterocycles. The maximum absolute atomic E-state index is 12.1. The summed E-state index contributed by atoms with van der Waals surface area (Å²) in [5, 5.41) is 1.23. The number of carbonyl (C=O) groups is 1. The van der Waals surface area contributed by atoms with E-state index >= 15 is 0 Å². The highest BCUT2D eigenvalue weighted by Gasteiger charge is 2.32. The number of carbonyl (C=O) groups excluding carboxylic acids is 1. The molecule has 0 aliphatic rings. The SMILES string of the molecule is CC(=O)COc1csc(C(F)(F)F)c1. The Kier molecular flexibility index (Phi) is 3.15. The maximum Gasteiger partial charge on any atom is 0.425 e. The van der Waals surface area contributed by atoms with Gasteiger partial charge in [-0.2, -0.15) is 13.2 Å². The summed E-state index contributed by atoms with van der Waals surface area (Å²) in [6.45, 7) is 1.10. The fraction of sp³-hybridized carbons (Fsp3) is 0.375. The first kappa shape index (κ1) is 11.0. The second-order valence-electron chi connectivity index (χ2n) is 2.64. The van der Waals surface area contributed by atoms with Crippen LogP contribution in [0.1, 0.15) is 11.8 Å². The summed E-state index contributed by atoms with van der Waals surface area (Å²) in [4.78, 5) is 9.75. The number of hydrogen-bond acceptors (Lipinski definition) is 3. The predicted octanol–water partition coefficient (Wildman–Crippen LogP) is 2.73. The maximum atomic E-state index is 12.1. The molecule has 0 aliphatic heterocycles. The molecule has 0 radical (unpaired) electrons. The summed E-state index contributed by atoms with van der Waals surface area (Å²) in [6.07, 6.45) is -4.34. The Hall–Kier alpha value is -1.04. The third-order valence-corrected chi connectivity index (χ3v) is 2.25. The fourth-order valence-electron chi connectivity index (χ4n) is 0.728. The van der Waals surface area contributed by atoms with E-state index in [1.54, 1.807) is 0 Å². The van der Waals surface area contributed by atoms with Crippen LogP contribution in [0.3, 0.4) is 0 Å². The molecule has 78 valence electrons. The summed E-state index contributed by atoms with van der Waals surface area (Å²) in [6, 6.07) is 0.883. The van der Waals surface area contributed by atoms with Crippen LogP contribution in [0.2, 0.25) is 0 Å². The van der Waals surface area contributed by atoms with Gasteiger partial charge in [0, 0.05) is 11.4 Å². The van der Waals surface area contributed by atoms with Gasteiger partial charge < -0.3 is 4.74 Å². The molecule has 0 N–H and O–H groups in total. The van der Waals surface area contributed by atoms with E-state index in [9.17, 15) is 18.0 Å². The van der Waals surface area contributed by atoms with Gasteiger partial charge in [-0.25, -0.2) is 0 Å². The van der Waals surface area contributed by atoms with Crippen molar-refractivity contribution < 1.29 is 22.7 Å². The Labute approximate surface area is 82.3 Å². The summed E-state index contributed by atoms with van der Waals surface area (Å²) in [5.41, 5.74) is 0. The Morgan fingerprint density at radius 1 is 1.57 bits per heavy atom. The molecule has 0 saturated heterocycles. The zero-order valence-corrected chi connectivity index (χ0v) is 8.04. The summed E-state index contributed by atoms with van der Waals surface area (Å²) in [7, 11) is 0. The van der Waals surface area contributed by atoms with Gasteiger partial charge in [0.2, 0.25) is 0 Å². The highest BCUT2D eigenvalue weighted by atomic mass is 32.1. The van der Waals surface area contributed by atoms with E-state index in [0.29, 0.717) is 11.3 Å². The minimum Gasteiger partial charge on any atom is -0.485 e. The number of ether oxygens (including phenoxy) is 1. The largest absolute Gasteiger partial charge is 0.485 e. The van der Waals surface area contributed by atoms with Crippen molar-refractivity contribution in [1.82, 2.24) is 0 Å². The Morgan fingerprint density at radius 3 is 2.64 bits per heavy atom. The normalized spacial score (nSPS) is 11.4. The molecule has 0 amide bonds. The molecule has 0 aliphatic carbocycles. The number of alkyl halides is 3. The lowest BCUT2D eigenvalue weighted by Gasteiger charge is -2.01. The standard InChI is InChI=1S/C8H7F3O2S/c1-5(12)3-13-6-2-7(14-4-6)8(9,10)11/h2,4H,3H2,1H3. The molecule has 0 bridgehead atoms. The average Bonchev–Trinajstić information content (AvgIpc) is 2.47. The Bertz CT molecular complexity index is 330. The van der Waals surface area contributed by atoms with Crippen LogP contribution in [0.4, 0.5) is 13.2 Å². The van der Waals surface area contributed by atoms with E-state index in [-0.39, 0.29) is 18.1 Å². The van der Waals surface area contributed by atoms with Crippen molar-refractivity contribution in [2.45, 2.75) is 13.1 Å². The van der Waals surface area contributed by atoms with E-state index in [2.05, 4.69) is 0 Å². The topological polar surface area (TPSA) is 26.3 Å². The second-order valence-corrected chi connectivity index (χ2v) is 3.55. The third kappa shape index (κ3) is 3.02. The molecule has 0 aromatic carbocycles. The minimum absolute atomic E-state index is 0.0810. The highest BCUT2D eigenvalue weighted by molar-refractivity contribution is 7.10. The van der Waals surface area contributed by atoms with Crippen molar-refractivity contribution in [3.05, 3.63) is 16.3 Å². The van der Waals surface area contributed by atoms with E-state index in [4.69, 9.17) is 4.74 Å². The molecule has 0 atom stereocenters. The van der Waals surface area contributed by atoms with Gasteiger partial charge in [-0.1, -0.05) is 0 Å². The molecule has 0 fully saturated rings. The van der Waals surface area contributed by atoms with Crippen molar-refractivity contribution in [1.29, 1.82) is 0 Å². The fourth-order valence-corrected chi connectivity index (χ4v) is 1.43. The van der Waals surface area contributed by atoms with Crippen LogP contribution >= 0.6 is 11.3 Å². The molecule has 1 aromatic heterocycles. The number of Topliss-reactive ketones (excluding diaryl/α,β-unsaturated/α-hetero) is 1. The quantitative estimate of drug-likeness (QED) is 0.789. The van der Waals surface area contributed by atoms with E-state index in [1.165, 1.54) is 12.3 Å². The van der Waals surface area contributed by atoms with Crippen LogP contribution in [0, 0.1) is 0 Å². The smallest absolute Gasteiger partial charge is 0.425 e. The lowest BCUT2D eigenvalue weighted by atomic mass is 10.4. The molecular formula is C8H7F3O2S. The van der Waals surface area contributed by atoms with E-state index < -0.39 is 11.1 Å². The van der Waals surface area contributed by atoms with Gasteiger partial charge in [-0.3, -0.25) is 4.79 Å². The Balaban J connectivity index is 2.64. The molecule has 2 nitrogen and oxygen atoms in total. The van der Waals surface area contributed by atoms with Crippen LogP contribution in [0.25, 0.3) is 0 Å². The molecular weight excluding hydrogens is 217 g/mol. The molecule has 14 heavy (non-hydrogen) atoms. The van der Waals surface area contributed by atoms with Gasteiger partial charge in [0.15, 0.2) is 5.78 Å². The van der Waals surface area contributed by atoms with E-state index in [0.717, 1.165) is 6.07 Å². The van der Waals surface area contributed by atoms with Crippen molar-refractivity contribution in [2.75, 3.05) is 6.61 Å². The van der Waals surface area contributed by atoms with Crippen LogP contribution in [0.5, 0.6) is 5.75 Å². The molecule has 1 rings (SSSR count). The van der Waals surface area contributed by atoms with Gasteiger partial charge in [-0.15, -0.1) is 11.3 Å². The first-order chi connectivity index (χ1) is 6.39. The van der Waals surface area contributed by atoms with Crippen LogP contribution in [-0.4, -0.2) is 12.4 Å². The average molecular weight is 224 g/mol. The second kappa shape index (κ2) is 4.00. The Morgan fingerprint density at radius 2 is 2.21 bits per heavy atom. The number of hydrogen-bond donors (Lipinski definition) is 0. The van der Waals surface area contributed by atoms with Gasteiger partial charge in [-0.05, 0) is 6.92 Å². The van der Waals surface area contributed by atoms with Crippen LogP contribution in [-0.2, 0) is 11.0 Å². The van der Waals surface area contributed by atoms with Gasteiger partial charge in [0.1, 0.15) is 17.2 Å². The number of halogens is 3. The lowest BCUT2D eigenvalue weighted by molar-refractivity contribution is -0.134. The van der Waals surface area contributed by atoms with Crippen LogP contribution in [0.15, 0.2) is 11.4 Å². The minimum atomic E-state index is -4.34. The monoisotopic (exact) mass is 224 g/mol. The molecule has 0 unspecified atom stereocenters. The number of ketones is 1. The van der Waals surface area contributed by atoms with Gasteiger partial charge >= 0.3 is 6.18 Å². The van der Waals surface area contributed by atoms with Crippen molar-refractivity contribution in [2.24, 2.45) is 0 Å². The molecule has 0 spiro atoms. The summed E-state index contributed by atoms with van der Waals surface area (Å²) < 4.78 is 41.1. The third-order valence-electron chi connectivity index (χ3n) is 1.30.